The second-order valence-electron chi connectivity index (χ2n) is 5.39. The van der Waals surface area contributed by atoms with Crippen LogP contribution in [-0.2, 0) is 5.41 Å². The first-order chi connectivity index (χ1) is 8.70. The molecule has 19 heavy (non-hydrogen) atoms. The standard InChI is InChI=1S/C14H13BrClNO2/c1-14(2,3)11-6-9(13(18)19)8-4-7(16)5-10(15)12(8)17-11/h4-6H,1-3H3,(H,18,19). The normalized spacial score (nSPS) is 11.8. The average Bonchev–Trinajstić information content (AvgIpc) is 2.25. The maximum atomic E-state index is 11.4. The molecule has 1 heterocycles. The number of hydrogen-bond acceptors (Lipinski definition) is 2. The molecule has 0 amide bonds. The molecule has 0 fully saturated rings. The molecule has 1 N–H and O–H groups in total. The molecule has 100 valence electrons. The molecule has 5 heteroatoms. The van der Waals surface area contributed by atoms with Gasteiger partial charge in [-0.2, -0.15) is 0 Å². The van der Waals surface area contributed by atoms with Gasteiger partial charge in [0.05, 0.1) is 11.1 Å². The monoisotopic (exact) mass is 341 g/mol. The highest BCUT2D eigenvalue weighted by molar-refractivity contribution is 9.10. The van der Waals surface area contributed by atoms with Gasteiger partial charge in [-0.15, -0.1) is 0 Å². The Morgan fingerprint density at radius 2 is 1.95 bits per heavy atom. The van der Waals surface area contributed by atoms with Crippen molar-refractivity contribution in [3.8, 4) is 0 Å². The maximum Gasteiger partial charge on any atom is 0.336 e. The summed E-state index contributed by atoms with van der Waals surface area (Å²) in [6.07, 6.45) is 0. The second-order valence-corrected chi connectivity index (χ2v) is 6.68. The minimum absolute atomic E-state index is 0.220. The molecular weight excluding hydrogens is 330 g/mol. The van der Waals surface area contributed by atoms with E-state index >= 15 is 0 Å². The van der Waals surface area contributed by atoms with Gasteiger partial charge in [-0.25, -0.2) is 4.79 Å². The summed E-state index contributed by atoms with van der Waals surface area (Å²) in [4.78, 5) is 16.0. The van der Waals surface area contributed by atoms with E-state index in [0.717, 1.165) is 5.69 Å². The van der Waals surface area contributed by atoms with Crippen LogP contribution in [0.4, 0.5) is 0 Å². The van der Waals surface area contributed by atoms with Gasteiger partial charge in [0.2, 0.25) is 0 Å². The zero-order valence-corrected chi connectivity index (χ0v) is 13.1. The Morgan fingerprint density at radius 3 is 2.47 bits per heavy atom. The summed E-state index contributed by atoms with van der Waals surface area (Å²) < 4.78 is 0.698. The van der Waals surface area contributed by atoms with Crippen LogP contribution in [0, 0.1) is 0 Å². The van der Waals surface area contributed by atoms with Gasteiger partial charge in [0.15, 0.2) is 0 Å². The average molecular weight is 343 g/mol. The van der Waals surface area contributed by atoms with E-state index in [4.69, 9.17) is 11.6 Å². The van der Waals surface area contributed by atoms with E-state index < -0.39 is 5.97 Å². The van der Waals surface area contributed by atoms with Gasteiger partial charge in [0.25, 0.3) is 0 Å². The second kappa shape index (κ2) is 4.76. The lowest BCUT2D eigenvalue weighted by Gasteiger charge is -2.19. The number of carbonyl (C=O) groups is 1. The number of benzene rings is 1. The van der Waals surface area contributed by atoms with E-state index in [1.807, 2.05) is 20.8 Å². The van der Waals surface area contributed by atoms with Crippen molar-refractivity contribution in [2.75, 3.05) is 0 Å². The summed E-state index contributed by atoms with van der Waals surface area (Å²) in [5, 5.41) is 10.4. The highest BCUT2D eigenvalue weighted by Gasteiger charge is 2.21. The van der Waals surface area contributed by atoms with Gasteiger partial charge in [-0.1, -0.05) is 32.4 Å². The number of rotatable bonds is 1. The number of nitrogens with zero attached hydrogens (tertiary/aromatic N) is 1. The molecule has 0 radical (unpaired) electrons. The van der Waals surface area contributed by atoms with E-state index in [9.17, 15) is 9.90 Å². The summed E-state index contributed by atoms with van der Waals surface area (Å²) in [6.45, 7) is 5.99. The predicted octanol–water partition coefficient (Wildman–Crippen LogP) is 4.65. The SMILES string of the molecule is CC(C)(C)c1cc(C(=O)O)c2cc(Cl)cc(Br)c2n1. The Balaban J connectivity index is 2.92. The van der Waals surface area contributed by atoms with Crippen LogP contribution in [0.5, 0.6) is 0 Å². The fourth-order valence-electron chi connectivity index (χ4n) is 1.81. The molecule has 0 aliphatic heterocycles. The molecule has 1 aromatic carbocycles. The molecular formula is C14H13BrClNO2. The molecule has 0 atom stereocenters. The summed E-state index contributed by atoms with van der Waals surface area (Å²) in [6, 6.07) is 4.97. The van der Waals surface area contributed by atoms with E-state index in [1.165, 1.54) is 0 Å². The highest BCUT2D eigenvalue weighted by Crippen LogP contribution is 2.32. The predicted molar refractivity (Wildman–Crippen MR) is 80.1 cm³/mol. The van der Waals surface area contributed by atoms with Gasteiger partial charge >= 0.3 is 5.97 Å². The number of carboxylic acids is 1. The molecule has 0 bridgehead atoms. The summed E-state index contributed by atoms with van der Waals surface area (Å²) >= 11 is 9.37. The van der Waals surface area contributed by atoms with Crippen LogP contribution < -0.4 is 0 Å². The first-order valence-electron chi connectivity index (χ1n) is 5.73. The van der Waals surface area contributed by atoms with Crippen LogP contribution in [0.15, 0.2) is 22.7 Å². The summed E-state index contributed by atoms with van der Waals surface area (Å²) in [5.41, 5.74) is 1.35. The van der Waals surface area contributed by atoms with Gasteiger partial charge in [0.1, 0.15) is 0 Å². The van der Waals surface area contributed by atoms with Crippen molar-refractivity contribution in [2.45, 2.75) is 26.2 Å². The van der Waals surface area contributed by atoms with Crippen molar-refractivity contribution in [3.63, 3.8) is 0 Å². The molecule has 0 spiro atoms. The molecule has 2 rings (SSSR count). The zero-order valence-electron chi connectivity index (χ0n) is 10.8. The fraction of sp³-hybridized carbons (Fsp3) is 0.286. The third-order valence-corrected chi connectivity index (χ3v) is 3.65. The lowest BCUT2D eigenvalue weighted by molar-refractivity contribution is 0.0699. The van der Waals surface area contributed by atoms with Crippen LogP contribution >= 0.6 is 27.5 Å². The minimum Gasteiger partial charge on any atom is -0.478 e. The summed E-state index contributed by atoms with van der Waals surface area (Å²) in [5.74, 6) is -0.980. The minimum atomic E-state index is -0.980. The van der Waals surface area contributed by atoms with Crippen molar-refractivity contribution in [3.05, 3.63) is 39.0 Å². The first-order valence-corrected chi connectivity index (χ1v) is 6.91. The van der Waals surface area contributed by atoms with Gasteiger partial charge < -0.3 is 5.11 Å². The largest absolute Gasteiger partial charge is 0.478 e. The van der Waals surface area contributed by atoms with E-state index in [1.54, 1.807) is 18.2 Å². The smallest absolute Gasteiger partial charge is 0.336 e. The van der Waals surface area contributed by atoms with Crippen LogP contribution in [0.2, 0.25) is 5.02 Å². The third-order valence-electron chi connectivity index (χ3n) is 2.83. The van der Waals surface area contributed by atoms with Gasteiger partial charge in [0, 0.05) is 26.0 Å². The number of fused-ring (bicyclic) bond motifs is 1. The Kier molecular flexibility index (Phi) is 3.58. The molecule has 0 saturated heterocycles. The molecule has 0 aliphatic rings. The molecule has 0 unspecified atom stereocenters. The first kappa shape index (κ1) is 14.3. The summed E-state index contributed by atoms with van der Waals surface area (Å²) in [7, 11) is 0. The van der Waals surface area contributed by atoms with Gasteiger partial charge in [-0.05, 0) is 34.1 Å². The van der Waals surface area contributed by atoms with Crippen molar-refractivity contribution in [1.29, 1.82) is 0 Å². The van der Waals surface area contributed by atoms with Crippen LogP contribution in [0.3, 0.4) is 0 Å². The maximum absolute atomic E-state index is 11.4. The lowest BCUT2D eigenvalue weighted by Crippen LogP contribution is -2.15. The third kappa shape index (κ3) is 2.74. The lowest BCUT2D eigenvalue weighted by atomic mass is 9.90. The Morgan fingerprint density at radius 1 is 1.32 bits per heavy atom. The fourth-order valence-corrected chi connectivity index (χ4v) is 2.71. The van der Waals surface area contributed by atoms with E-state index in [2.05, 4.69) is 20.9 Å². The Labute approximate surface area is 124 Å². The zero-order chi connectivity index (χ0) is 14.4. The van der Waals surface area contributed by atoms with Crippen molar-refractivity contribution < 1.29 is 9.90 Å². The van der Waals surface area contributed by atoms with Crippen molar-refractivity contribution in [1.82, 2.24) is 4.98 Å². The molecule has 2 aromatic rings. The quantitative estimate of drug-likeness (QED) is 0.821. The van der Waals surface area contributed by atoms with Crippen molar-refractivity contribution >= 4 is 44.4 Å². The topological polar surface area (TPSA) is 50.2 Å². The Bertz CT molecular complexity index is 677. The number of pyridine rings is 1. The van der Waals surface area contributed by atoms with Crippen LogP contribution in [0.1, 0.15) is 36.8 Å². The number of aromatic nitrogens is 1. The molecule has 3 nitrogen and oxygen atoms in total. The van der Waals surface area contributed by atoms with Crippen molar-refractivity contribution in [2.24, 2.45) is 0 Å². The number of carboxylic acid groups (broad SMARTS) is 1. The van der Waals surface area contributed by atoms with Gasteiger partial charge in [-0.3, -0.25) is 4.98 Å². The van der Waals surface area contributed by atoms with Crippen LogP contribution in [0.25, 0.3) is 10.9 Å². The molecule has 0 aliphatic carbocycles. The van der Waals surface area contributed by atoms with E-state index in [-0.39, 0.29) is 11.0 Å². The van der Waals surface area contributed by atoms with Crippen LogP contribution in [-0.4, -0.2) is 16.1 Å². The molecule has 1 aromatic heterocycles. The number of halogens is 2. The number of aromatic carboxylic acids is 1. The van der Waals surface area contributed by atoms with E-state index in [0.29, 0.717) is 20.4 Å². The highest BCUT2D eigenvalue weighted by atomic mass is 79.9. The Hall–Kier alpha value is -1.13. The molecule has 0 saturated carbocycles. The number of hydrogen-bond donors (Lipinski definition) is 1.